The van der Waals surface area contributed by atoms with Crippen LogP contribution in [0.4, 0.5) is 23.1 Å². The van der Waals surface area contributed by atoms with Crippen LogP contribution in [0.5, 0.6) is 5.75 Å². The normalized spacial score (nSPS) is 10.4. The Morgan fingerprint density at radius 1 is 1.04 bits per heavy atom. The molecule has 3 aromatic rings. The van der Waals surface area contributed by atoms with Gasteiger partial charge in [-0.2, -0.15) is 10.1 Å². The maximum Gasteiger partial charge on any atom is 0.249 e. The van der Waals surface area contributed by atoms with Gasteiger partial charge < -0.3 is 15.4 Å². The summed E-state index contributed by atoms with van der Waals surface area (Å²) in [5.74, 6) is 1.75. The van der Waals surface area contributed by atoms with Gasteiger partial charge in [-0.25, -0.2) is 0 Å². The Labute approximate surface area is 147 Å². The number of hydrogen-bond acceptors (Lipinski definition) is 6. The SMILES string of the molecule is CCc1ccc(Nc2cnnc(Nc3cc(C)ccc3OC)n2)cc1. The summed E-state index contributed by atoms with van der Waals surface area (Å²) in [4.78, 5) is 4.46. The van der Waals surface area contributed by atoms with Crippen LogP contribution in [0.15, 0.2) is 48.7 Å². The highest BCUT2D eigenvalue weighted by molar-refractivity contribution is 5.64. The van der Waals surface area contributed by atoms with E-state index in [9.17, 15) is 0 Å². The van der Waals surface area contributed by atoms with Crippen LogP contribution in [0, 0.1) is 6.92 Å². The van der Waals surface area contributed by atoms with Crippen molar-refractivity contribution >= 4 is 23.1 Å². The third-order valence-corrected chi connectivity index (χ3v) is 3.79. The highest BCUT2D eigenvalue weighted by Gasteiger charge is 2.07. The Balaban J connectivity index is 1.78. The molecular weight excluding hydrogens is 314 g/mol. The minimum absolute atomic E-state index is 0.402. The molecule has 3 rings (SSSR count). The molecule has 1 aromatic heterocycles. The molecule has 0 spiro atoms. The number of rotatable bonds is 6. The molecule has 2 aromatic carbocycles. The van der Waals surface area contributed by atoms with Gasteiger partial charge >= 0.3 is 0 Å². The molecule has 0 aliphatic carbocycles. The van der Waals surface area contributed by atoms with Gasteiger partial charge in [0.05, 0.1) is 19.0 Å². The number of benzene rings is 2. The zero-order valence-electron chi connectivity index (χ0n) is 14.6. The van der Waals surface area contributed by atoms with Crippen molar-refractivity contribution in [3.63, 3.8) is 0 Å². The van der Waals surface area contributed by atoms with Gasteiger partial charge in [0.1, 0.15) is 5.75 Å². The topological polar surface area (TPSA) is 72.0 Å². The summed E-state index contributed by atoms with van der Waals surface area (Å²) in [6, 6.07) is 14.1. The lowest BCUT2D eigenvalue weighted by molar-refractivity contribution is 0.416. The number of hydrogen-bond donors (Lipinski definition) is 2. The summed E-state index contributed by atoms with van der Waals surface area (Å²) in [6.07, 6.45) is 2.61. The van der Waals surface area contributed by atoms with Crippen LogP contribution in [-0.4, -0.2) is 22.3 Å². The number of anilines is 4. The molecule has 0 aliphatic rings. The molecule has 2 N–H and O–H groups in total. The quantitative estimate of drug-likeness (QED) is 0.702. The molecule has 0 atom stereocenters. The fourth-order valence-electron chi connectivity index (χ4n) is 2.43. The fraction of sp³-hybridized carbons (Fsp3) is 0.211. The van der Waals surface area contributed by atoms with Crippen LogP contribution in [0.3, 0.4) is 0 Å². The van der Waals surface area contributed by atoms with Gasteiger partial charge in [0.15, 0.2) is 5.82 Å². The summed E-state index contributed by atoms with van der Waals surface area (Å²) in [5.41, 5.74) is 4.16. The van der Waals surface area contributed by atoms with E-state index in [4.69, 9.17) is 4.74 Å². The Morgan fingerprint density at radius 3 is 2.56 bits per heavy atom. The van der Waals surface area contributed by atoms with Gasteiger partial charge in [0.25, 0.3) is 0 Å². The summed E-state index contributed by atoms with van der Waals surface area (Å²) in [6.45, 7) is 4.15. The average molecular weight is 335 g/mol. The number of nitrogens with one attached hydrogen (secondary N) is 2. The number of ether oxygens (including phenoxy) is 1. The van der Waals surface area contributed by atoms with Crippen molar-refractivity contribution in [2.45, 2.75) is 20.3 Å². The first-order valence-electron chi connectivity index (χ1n) is 8.15. The number of nitrogens with zero attached hydrogens (tertiary/aromatic N) is 3. The van der Waals surface area contributed by atoms with E-state index in [0.717, 1.165) is 29.1 Å². The van der Waals surface area contributed by atoms with Gasteiger partial charge in [-0.1, -0.05) is 25.1 Å². The molecule has 0 fully saturated rings. The first-order chi connectivity index (χ1) is 12.2. The van der Waals surface area contributed by atoms with Crippen molar-refractivity contribution < 1.29 is 4.74 Å². The van der Waals surface area contributed by atoms with Crippen molar-refractivity contribution in [2.24, 2.45) is 0 Å². The third kappa shape index (κ3) is 4.23. The van der Waals surface area contributed by atoms with E-state index in [1.54, 1.807) is 13.3 Å². The molecule has 1 heterocycles. The predicted molar refractivity (Wildman–Crippen MR) is 99.9 cm³/mol. The summed E-state index contributed by atoms with van der Waals surface area (Å²) in [7, 11) is 1.63. The molecule has 0 unspecified atom stereocenters. The minimum Gasteiger partial charge on any atom is -0.495 e. The van der Waals surface area contributed by atoms with Gasteiger partial charge in [0.2, 0.25) is 5.95 Å². The molecule has 6 nitrogen and oxygen atoms in total. The lowest BCUT2D eigenvalue weighted by Crippen LogP contribution is -2.03. The number of methoxy groups -OCH3 is 1. The number of aromatic nitrogens is 3. The van der Waals surface area contributed by atoms with E-state index >= 15 is 0 Å². The van der Waals surface area contributed by atoms with E-state index in [-0.39, 0.29) is 0 Å². The second-order valence-electron chi connectivity index (χ2n) is 5.67. The van der Waals surface area contributed by atoms with Crippen LogP contribution >= 0.6 is 0 Å². The lowest BCUT2D eigenvalue weighted by atomic mass is 10.1. The van der Waals surface area contributed by atoms with E-state index in [1.807, 2.05) is 37.3 Å². The van der Waals surface area contributed by atoms with Crippen LogP contribution in [0.1, 0.15) is 18.1 Å². The highest BCUT2D eigenvalue weighted by atomic mass is 16.5. The first-order valence-corrected chi connectivity index (χ1v) is 8.15. The van der Waals surface area contributed by atoms with Crippen LogP contribution in [-0.2, 0) is 6.42 Å². The maximum atomic E-state index is 5.37. The molecule has 6 heteroatoms. The zero-order chi connectivity index (χ0) is 17.6. The predicted octanol–water partition coefficient (Wildman–Crippen LogP) is 4.24. The van der Waals surface area contributed by atoms with Crippen molar-refractivity contribution in [3.8, 4) is 5.75 Å². The molecule has 0 radical (unpaired) electrons. The first kappa shape index (κ1) is 16.7. The van der Waals surface area contributed by atoms with Gasteiger partial charge in [-0.3, -0.25) is 0 Å². The van der Waals surface area contributed by atoms with Crippen molar-refractivity contribution in [1.82, 2.24) is 15.2 Å². The molecule has 0 aliphatic heterocycles. The number of aryl methyl sites for hydroxylation is 2. The van der Waals surface area contributed by atoms with Crippen LogP contribution in [0.25, 0.3) is 0 Å². The summed E-state index contributed by atoms with van der Waals surface area (Å²) >= 11 is 0. The average Bonchev–Trinajstić information content (AvgIpc) is 2.63. The molecule has 0 bridgehead atoms. The maximum absolute atomic E-state index is 5.37. The largest absolute Gasteiger partial charge is 0.495 e. The lowest BCUT2D eigenvalue weighted by Gasteiger charge is -2.11. The molecule has 0 saturated heterocycles. The molecule has 0 amide bonds. The van der Waals surface area contributed by atoms with E-state index < -0.39 is 0 Å². The van der Waals surface area contributed by atoms with E-state index in [2.05, 4.69) is 44.9 Å². The van der Waals surface area contributed by atoms with Crippen molar-refractivity contribution in [3.05, 3.63) is 59.8 Å². The monoisotopic (exact) mass is 335 g/mol. The standard InChI is InChI=1S/C19H21N5O/c1-4-14-6-8-15(9-7-14)21-18-12-20-24-19(23-18)22-16-11-13(2)5-10-17(16)25-3/h5-12H,4H2,1-3H3,(H2,21,22,23,24). The molecule has 25 heavy (non-hydrogen) atoms. The highest BCUT2D eigenvalue weighted by Crippen LogP contribution is 2.27. The van der Waals surface area contributed by atoms with Crippen molar-refractivity contribution in [2.75, 3.05) is 17.7 Å². The Kier molecular flexibility index (Phi) is 5.09. The Morgan fingerprint density at radius 2 is 1.84 bits per heavy atom. The Hall–Kier alpha value is -3.15. The van der Waals surface area contributed by atoms with Crippen LogP contribution < -0.4 is 15.4 Å². The fourth-order valence-corrected chi connectivity index (χ4v) is 2.43. The molecule has 0 saturated carbocycles. The minimum atomic E-state index is 0.402. The second-order valence-corrected chi connectivity index (χ2v) is 5.67. The summed E-state index contributed by atoms with van der Waals surface area (Å²) in [5, 5.41) is 14.4. The molecular formula is C19H21N5O. The second kappa shape index (κ2) is 7.61. The molecule has 128 valence electrons. The Bertz CT molecular complexity index is 849. The smallest absolute Gasteiger partial charge is 0.249 e. The van der Waals surface area contributed by atoms with Gasteiger partial charge in [-0.05, 0) is 48.7 Å². The van der Waals surface area contributed by atoms with Gasteiger partial charge in [-0.15, -0.1) is 5.10 Å². The third-order valence-electron chi connectivity index (χ3n) is 3.79. The van der Waals surface area contributed by atoms with E-state index in [1.165, 1.54) is 5.56 Å². The van der Waals surface area contributed by atoms with Crippen molar-refractivity contribution in [1.29, 1.82) is 0 Å². The summed E-state index contributed by atoms with van der Waals surface area (Å²) < 4.78 is 5.37. The van der Waals surface area contributed by atoms with E-state index in [0.29, 0.717) is 11.8 Å². The zero-order valence-corrected chi connectivity index (χ0v) is 14.6. The van der Waals surface area contributed by atoms with Gasteiger partial charge in [0, 0.05) is 5.69 Å². The van der Waals surface area contributed by atoms with Crippen LogP contribution in [0.2, 0.25) is 0 Å².